The molecule has 0 aromatic carbocycles. The van der Waals surface area contributed by atoms with Crippen LogP contribution in [0.15, 0.2) is 53.9 Å². The van der Waals surface area contributed by atoms with Crippen molar-refractivity contribution < 1.29 is 4.79 Å². The Balaban J connectivity index is 1.43. The molecule has 3 aromatic rings. The monoisotopic (exact) mass is 435 g/mol. The van der Waals surface area contributed by atoms with E-state index in [0.717, 1.165) is 43.9 Å². The first kappa shape index (κ1) is 20.4. The summed E-state index contributed by atoms with van der Waals surface area (Å²) in [6.07, 6.45) is 8.56. The number of carbonyl (C=O) groups excluding carboxylic acids is 1. The second-order valence-corrected chi connectivity index (χ2v) is 9.96. The van der Waals surface area contributed by atoms with Crippen molar-refractivity contribution in [1.29, 1.82) is 0 Å². The van der Waals surface area contributed by atoms with Gasteiger partial charge < -0.3 is 9.47 Å². The maximum Gasteiger partial charge on any atom is 0.231 e. The highest BCUT2D eigenvalue weighted by Gasteiger charge is 2.57. The van der Waals surface area contributed by atoms with Crippen molar-refractivity contribution in [2.75, 3.05) is 19.6 Å². The quantitative estimate of drug-likeness (QED) is 0.589. The number of nitrogens with zero attached hydrogens (tertiary/aromatic N) is 5. The lowest BCUT2D eigenvalue weighted by Gasteiger charge is -2.28. The number of rotatable bonds is 6. The van der Waals surface area contributed by atoms with Crippen LogP contribution in [-0.4, -0.2) is 49.9 Å². The highest BCUT2D eigenvalue weighted by Crippen LogP contribution is 2.50. The number of hydrogen-bond acceptors (Lipinski definition) is 5. The summed E-state index contributed by atoms with van der Waals surface area (Å²) in [7, 11) is 0. The van der Waals surface area contributed by atoms with E-state index in [2.05, 4.69) is 51.3 Å². The molecule has 2 fully saturated rings. The molecular formula is C24H29N5OS. The molecule has 5 rings (SSSR count). The largest absolute Gasteiger partial charge is 0.338 e. The van der Waals surface area contributed by atoms with Crippen LogP contribution in [0.25, 0.3) is 0 Å². The molecule has 2 atom stereocenters. The van der Waals surface area contributed by atoms with Gasteiger partial charge in [0.25, 0.3) is 0 Å². The summed E-state index contributed by atoms with van der Waals surface area (Å²) in [5.74, 6) is 0.405. The van der Waals surface area contributed by atoms with Crippen molar-refractivity contribution in [3.8, 4) is 0 Å². The highest BCUT2D eigenvalue weighted by molar-refractivity contribution is 7.07. The van der Waals surface area contributed by atoms with E-state index in [1.165, 1.54) is 5.56 Å². The van der Waals surface area contributed by atoms with E-state index in [9.17, 15) is 4.79 Å². The van der Waals surface area contributed by atoms with Gasteiger partial charge in [-0.2, -0.15) is 11.3 Å². The Morgan fingerprint density at radius 3 is 2.74 bits per heavy atom. The molecule has 3 aromatic heterocycles. The SMILES string of the molecule is CC(C)n1cnc([C@@H]2CN(Cc3ccsc3)C[C@@]23CCN(Cc2ccncc2)C3=O)c1. The fourth-order valence-electron chi connectivity index (χ4n) is 5.15. The second kappa shape index (κ2) is 8.20. The van der Waals surface area contributed by atoms with E-state index >= 15 is 0 Å². The number of hydrogen-bond donors (Lipinski definition) is 0. The number of amides is 1. The van der Waals surface area contributed by atoms with E-state index in [1.807, 2.05) is 23.4 Å². The number of pyridine rings is 1. The van der Waals surface area contributed by atoms with Crippen LogP contribution in [0.5, 0.6) is 0 Å². The van der Waals surface area contributed by atoms with Crippen molar-refractivity contribution in [1.82, 2.24) is 24.3 Å². The molecule has 0 N–H and O–H groups in total. The number of carbonyl (C=O) groups is 1. The van der Waals surface area contributed by atoms with Crippen LogP contribution < -0.4 is 0 Å². The molecule has 162 valence electrons. The zero-order valence-corrected chi connectivity index (χ0v) is 19.0. The Morgan fingerprint density at radius 2 is 2.03 bits per heavy atom. The third kappa shape index (κ3) is 3.81. The fourth-order valence-corrected chi connectivity index (χ4v) is 5.81. The van der Waals surface area contributed by atoms with Crippen molar-refractivity contribution in [2.45, 2.75) is 45.3 Å². The van der Waals surface area contributed by atoms with Crippen LogP contribution in [0.2, 0.25) is 0 Å². The third-order valence-corrected chi connectivity index (χ3v) is 7.57. The van der Waals surface area contributed by atoms with Gasteiger partial charge in [-0.1, -0.05) is 0 Å². The lowest BCUT2D eigenvalue weighted by molar-refractivity contribution is -0.136. The number of aromatic nitrogens is 3. The molecule has 0 saturated carbocycles. The second-order valence-electron chi connectivity index (χ2n) is 9.18. The maximum absolute atomic E-state index is 13.9. The van der Waals surface area contributed by atoms with Crippen LogP contribution in [0.4, 0.5) is 0 Å². The Labute approximate surface area is 187 Å². The van der Waals surface area contributed by atoms with Crippen LogP contribution in [0, 0.1) is 5.41 Å². The van der Waals surface area contributed by atoms with Gasteiger partial charge in [0.15, 0.2) is 0 Å². The standard InChI is InChI=1S/C24H29N5OS/c1-18(2)29-14-22(26-17-29)21-13-27(11-20-5-10-31-15-20)16-24(21)6-9-28(23(24)30)12-19-3-7-25-8-4-19/h3-5,7-8,10,14-15,17-18,21H,6,9,11-13,16H2,1-2H3/t21-,24-/m0/s1. The van der Waals surface area contributed by atoms with Gasteiger partial charge in [-0.25, -0.2) is 4.98 Å². The first-order chi connectivity index (χ1) is 15.0. The summed E-state index contributed by atoms with van der Waals surface area (Å²) < 4.78 is 2.15. The number of imidazole rings is 1. The zero-order valence-electron chi connectivity index (χ0n) is 18.1. The molecule has 31 heavy (non-hydrogen) atoms. The van der Waals surface area contributed by atoms with Gasteiger partial charge in [0.1, 0.15) is 0 Å². The van der Waals surface area contributed by atoms with E-state index in [-0.39, 0.29) is 17.2 Å². The Kier molecular flexibility index (Phi) is 5.40. The fraction of sp³-hybridized carbons (Fsp3) is 0.458. The minimum atomic E-state index is -0.390. The summed E-state index contributed by atoms with van der Waals surface area (Å²) in [6, 6.07) is 6.54. The van der Waals surface area contributed by atoms with Crippen molar-refractivity contribution >= 4 is 17.2 Å². The Bertz CT molecular complexity index is 1030. The average molecular weight is 436 g/mol. The van der Waals surface area contributed by atoms with Crippen LogP contribution in [0.1, 0.15) is 49.0 Å². The normalized spacial score (nSPS) is 24.2. The molecule has 0 bridgehead atoms. The third-order valence-electron chi connectivity index (χ3n) is 6.84. The summed E-state index contributed by atoms with van der Waals surface area (Å²) in [5.41, 5.74) is 3.13. The minimum Gasteiger partial charge on any atom is -0.338 e. The molecule has 1 spiro atoms. The average Bonchev–Trinajstić information content (AvgIpc) is 3.55. The molecule has 5 heterocycles. The summed E-state index contributed by atoms with van der Waals surface area (Å²) >= 11 is 1.73. The molecule has 7 heteroatoms. The molecule has 2 saturated heterocycles. The first-order valence-corrected chi connectivity index (χ1v) is 11.9. The number of likely N-dealkylation sites (tertiary alicyclic amines) is 2. The lowest BCUT2D eigenvalue weighted by atomic mass is 9.75. The summed E-state index contributed by atoms with van der Waals surface area (Å²) in [4.78, 5) is 27.2. The van der Waals surface area contributed by atoms with E-state index in [0.29, 0.717) is 12.6 Å². The van der Waals surface area contributed by atoms with Gasteiger partial charge in [0.2, 0.25) is 5.91 Å². The Morgan fingerprint density at radius 1 is 1.19 bits per heavy atom. The van der Waals surface area contributed by atoms with Gasteiger partial charge in [-0.05, 0) is 60.4 Å². The van der Waals surface area contributed by atoms with Gasteiger partial charge in [0.05, 0.1) is 17.4 Å². The molecule has 6 nitrogen and oxygen atoms in total. The van der Waals surface area contributed by atoms with Crippen molar-refractivity contribution in [3.63, 3.8) is 0 Å². The zero-order chi connectivity index (χ0) is 21.4. The molecule has 0 radical (unpaired) electrons. The van der Waals surface area contributed by atoms with Gasteiger partial charge in [-0.15, -0.1) is 0 Å². The van der Waals surface area contributed by atoms with Crippen molar-refractivity contribution in [3.05, 3.63) is 70.7 Å². The van der Waals surface area contributed by atoms with Gasteiger partial charge in [0, 0.05) is 63.3 Å². The summed E-state index contributed by atoms with van der Waals surface area (Å²) in [5, 5.41) is 4.33. The Hall–Kier alpha value is -2.51. The maximum atomic E-state index is 13.9. The molecule has 1 amide bonds. The van der Waals surface area contributed by atoms with Crippen LogP contribution in [-0.2, 0) is 17.9 Å². The smallest absolute Gasteiger partial charge is 0.231 e. The van der Waals surface area contributed by atoms with E-state index < -0.39 is 0 Å². The first-order valence-electron chi connectivity index (χ1n) is 11.0. The van der Waals surface area contributed by atoms with Gasteiger partial charge >= 0.3 is 0 Å². The summed E-state index contributed by atoms with van der Waals surface area (Å²) in [6.45, 7) is 8.35. The molecule has 0 aliphatic carbocycles. The lowest BCUT2D eigenvalue weighted by Crippen LogP contribution is -2.39. The number of thiophene rings is 1. The highest BCUT2D eigenvalue weighted by atomic mass is 32.1. The predicted octanol–water partition coefficient (Wildman–Crippen LogP) is 3.94. The van der Waals surface area contributed by atoms with Crippen LogP contribution >= 0.6 is 11.3 Å². The van der Waals surface area contributed by atoms with Crippen molar-refractivity contribution in [2.24, 2.45) is 5.41 Å². The molecule has 2 aliphatic rings. The predicted molar refractivity (Wildman–Crippen MR) is 122 cm³/mol. The van der Waals surface area contributed by atoms with E-state index in [1.54, 1.807) is 23.7 Å². The minimum absolute atomic E-state index is 0.126. The molecule has 0 unspecified atom stereocenters. The van der Waals surface area contributed by atoms with Crippen LogP contribution in [0.3, 0.4) is 0 Å². The van der Waals surface area contributed by atoms with E-state index in [4.69, 9.17) is 4.98 Å². The van der Waals surface area contributed by atoms with Gasteiger partial charge in [-0.3, -0.25) is 14.7 Å². The molecule has 2 aliphatic heterocycles. The topological polar surface area (TPSA) is 54.3 Å². The molecular weight excluding hydrogens is 406 g/mol.